The van der Waals surface area contributed by atoms with Gasteiger partial charge in [0.05, 0.1) is 17.7 Å². The average molecular weight is 751 g/mol. The zero-order valence-corrected chi connectivity index (χ0v) is 32.8. The number of methoxy groups -OCH3 is 1. The lowest BCUT2D eigenvalue weighted by Crippen LogP contribution is -2.54. The molecule has 2 aromatic rings. The molecule has 286 valence electrons. The first kappa shape index (κ1) is 39.7. The van der Waals surface area contributed by atoms with Crippen LogP contribution in [0.15, 0.2) is 47.4 Å². The van der Waals surface area contributed by atoms with Gasteiger partial charge in [0.1, 0.15) is 11.6 Å². The second-order valence-corrected chi connectivity index (χ2v) is 18.7. The van der Waals surface area contributed by atoms with Crippen molar-refractivity contribution < 1.29 is 26.0 Å². The summed E-state index contributed by atoms with van der Waals surface area (Å²) in [7, 11) is -2.33. The van der Waals surface area contributed by atoms with E-state index < -0.39 is 20.2 Å². The van der Waals surface area contributed by atoms with Crippen LogP contribution in [0, 0.1) is 17.7 Å². The van der Waals surface area contributed by atoms with Gasteiger partial charge in [-0.1, -0.05) is 26.2 Å². The summed E-state index contributed by atoms with van der Waals surface area (Å²) in [6, 6.07) is 11.7. The molecule has 0 aromatic heterocycles. The summed E-state index contributed by atoms with van der Waals surface area (Å²) in [5.74, 6) is 0.388. The molecule has 1 aliphatic carbocycles. The number of halogens is 1. The first-order valence-corrected chi connectivity index (χ1v) is 21.5. The van der Waals surface area contributed by atoms with E-state index in [0.29, 0.717) is 56.7 Å². The van der Waals surface area contributed by atoms with E-state index in [1.807, 2.05) is 43.0 Å². The van der Waals surface area contributed by atoms with Gasteiger partial charge < -0.3 is 19.4 Å². The lowest BCUT2D eigenvalue weighted by atomic mass is 9.84. The van der Waals surface area contributed by atoms with Crippen molar-refractivity contribution in [2.75, 3.05) is 96.5 Å². The molecule has 1 saturated carbocycles. The first-order valence-electron chi connectivity index (χ1n) is 18.7. The van der Waals surface area contributed by atoms with Crippen LogP contribution in [-0.4, -0.2) is 127 Å². The summed E-state index contributed by atoms with van der Waals surface area (Å²) >= 11 is 0. The molecule has 0 spiro atoms. The van der Waals surface area contributed by atoms with Crippen LogP contribution < -0.4 is 14.5 Å². The molecule has 14 heteroatoms. The summed E-state index contributed by atoms with van der Waals surface area (Å²) in [4.78, 5) is 6.70. The summed E-state index contributed by atoms with van der Waals surface area (Å²) in [6.07, 6.45) is 7.59. The third kappa shape index (κ3) is 9.74. The number of piperazine rings is 1. The third-order valence-electron chi connectivity index (χ3n) is 11.0. The highest BCUT2D eigenvalue weighted by Crippen LogP contribution is 2.32. The van der Waals surface area contributed by atoms with Crippen LogP contribution >= 0.6 is 0 Å². The second-order valence-electron chi connectivity index (χ2n) is 14.8. The molecule has 51 heavy (non-hydrogen) atoms. The molecule has 2 aliphatic heterocycles. The van der Waals surface area contributed by atoms with Gasteiger partial charge >= 0.3 is 0 Å². The number of hydrogen-bond donors (Lipinski definition) is 0. The average Bonchev–Trinajstić information content (AvgIpc) is 3.12. The Bertz CT molecular complexity index is 1630. The van der Waals surface area contributed by atoms with Gasteiger partial charge in [0.25, 0.3) is 10.2 Å². The molecular weight excluding hydrogens is 692 g/mol. The van der Waals surface area contributed by atoms with Crippen molar-refractivity contribution in [3.05, 3.63) is 48.3 Å². The molecular formula is C37H59FN6O5S2. The molecule has 2 saturated heterocycles. The normalized spacial score (nSPS) is 22.9. The van der Waals surface area contributed by atoms with Gasteiger partial charge in [0.2, 0.25) is 10.0 Å². The molecule has 0 N–H and O–H groups in total. The third-order valence-corrected chi connectivity index (χ3v) is 14.9. The molecule has 0 bridgehead atoms. The maximum Gasteiger partial charge on any atom is 0.282 e. The van der Waals surface area contributed by atoms with Gasteiger partial charge in [-0.3, -0.25) is 0 Å². The quantitative estimate of drug-likeness (QED) is 0.355. The Morgan fingerprint density at radius 1 is 0.765 bits per heavy atom. The highest BCUT2D eigenvalue weighted by molar-refractivity contribution is 7.89. The Kier molecular flexibility index (Phi) is 13.7. The van der Waals surface area contributed by atoms with Crippen molar-refractivity contribution in [1.82, 2.24) is 17.8 Å². The van der Waals surface area contributed by atoms with Crippen LogP contribution in [-0.2, 0) is 20.2 Å². The molecule has 0 amide bonds. The monoisotopic (exact) mass is 750 g/mol. The maximum atomic E-state index is 14.4. The van der Waals surface area contributed by atoms with Gasteiger partial charge in [-0.25, -0.2) is 12.8 Å². The molecule has 2 atom stereocenters. The van der Waals surface area contributed by atoms with Crippen LogP contribution in [0.3, 0.4) is 0 Å². The summed E-state index contributed by atoms with van der Waals surface area (Å²) in [5.41, 5.74) is 1.66. The van der Waals surface area contributed by atoms with Gasteiger partial charge in [0.15, 0.2) is 0 Å². The fraction of sp³-hybridized carbons (Fsp3) is 0.676. The van der Waals surface area contributed by atoms with Gasteiger partial charge in [-0.15, -0.1) is 0 Å². The highest BCUT2D eigenvalue weighted by Gasteiger charge is 2.36. The number of rotatable bonds is 9. The molecule has 3 aliphatic rings. The number of hydrogen-bond acceptors (Lipinski definition) is 8. The van der Waals surface area contributed by atoms with Crippen LogP contribution in [0.1, 0.15) is 58.8 Å². The van der Waals surface area contributed by atoms with E-state index in [0.717, 1.165) is 24.5 Å². The van der Waals surface area contributed by atoms with Crippen LogP contribution in [0.5, 0.6) is 5.75 Å². The Labute approximate surface area is 306 Å². The van der Waals surface area contributed by atoms with E-state index in [1.54, 1.807) is 31.1 Å². The van der Waals surface area contributed by atoms with Crippen molar-refractivity contribution in [1.29, 1.82) is 0 Å². The van der Waals surface area contributed by atoms with E-state index in [9.17, 15) is 21.2 Å². The van der Waals surface area contributed by atoms with Crippen molar-refractivity contribution in [3.63, 3.8) is 0 Å². The molecule has 3 fully saturated rings. The Morgan fingerprint density at radius 2 is 1.37 bits per heavy atom. The molecule has 5 rings (SSSR count). The van der Waals surface area contributed by atoms with E-state index in [-0.39, 0.29) is 42.8 Å². The maximum absolute atomic E-state index is 14.4. The van der Waals surface area contributed by atoms with Crippen molar-refractivity contribution in [3.8, 4) is 5.75 Å². The topological polar surface area (TPSA) is 97.0 Å². The van der Waals surface area contributed by atoms with Crippen molar-refractivity contribution >= 4 is 31.6 Å². The van der Waals surface area contributed by atoms with E-state index in [4.69, 9.17) is 4.74 Å². The summed E-state index contributed by atoms with van der Waals surface area (Å²) in [6.45, 7) is 8.39. The van der Waals surface area contributed by atoms with Gasteiger partial charge in [-0.05, 0) is 93.9 Å². The van der Waals surface area contributed by atoms with Gasteiger partial charge in [0, 0.05) is 84.2 Å². The van der Waals surface area contributed by atoms with E-state index in [1.165, 1.54) is 51.3 Å². The smallest absolute Gasteiger partial charge is 0.282 e. The predicted molar refractivity (Wildman–Crippen MR) is 203 cm³/mol. The fourth-order valence-corrected chi connectivity index (χ4v) is 11.4. The molecule has 11 nitrogen and oxygen atoms in total. The Hall–Kier alpha value is -2.49. The Morgan fingerprint density at radius 3 is 1.98 bits per heavy atom. The lowest BCUT2D eigenvalue weighted by molar-refractivity contribution is 0.119. The standard InChI is InChI=1S/C37H59FN6O5S2/c1-30-28-43(50(45,46)35-16-14-34(15-17-35)39(3)4)21-9-19-40(31(2)32-11-7-6-8-12-32)20-10-22-44(29-30)51(47,48)42-25-23-41(24-26-42)36-18-13-33(38)27-37(36)49-5/h13-18,27,30-32H,6-12,19-26,28-29H2,1-5H3/t30-,31-/m0/s1. The predicted octanol–water partition coefficient (Wildman–Crippen LogP) is 4.96. The van der Waals surface area contributed by atoms with Gasteiger partial charge in [-0.2, -0.15) is 21.3 Å². The molecule has 0 radical (unpaired) electrons. The van der Waals surface area contributed by atoms with Crippen LogP contribution in [0.2, 0.25) is 0 Å². The fourth-order valence-electron chi connectivity index (χ4n) is 8.00. The van der Waals surface area contributed by atoms with Crippen LogP contribution in [0.25, 0.3) is 0 Å². The SMILES string of the molecule is COc1cc(F)ccc1N1CCN(S(=O)(=O)N2CCCN([C@@H](C)C3CCCCC3)CCCN(S(=O)(=O)c3ccc(N(C)C)cc3)C[C@H](C)C2)CC1. The van der Waals surface area contributed by atoms with E-state index >= 15 is 0 Å². The van der Waals surface area contributed by atoms with Crippen molar-refractivity contribution in [2.45, 2.75) is 69.7 Å². The number of benzene rings is 2. The van der Waals surface area contributed by atoms with Crippen molar-refractivity contribution in [2.24, 2.45) is 11.8 Å². The number of ether oxygens (including phenoxy) is 1. The molecule has 0 unspecified atom stereocenters. The molecule has 2 aromatic carbocycles. The second kappa shape index (κ2) is 17.6. The number of anilines is 2. The zero-order chi connectivity index (χ0) is 36.8. The highest BCUT2D eigenvalue weighted by atomic mass is 32.2. The zero-order valence-electron chi connectivity index (χ0n) is 31.2. The minimum atomic E-state index is -3.85. The Balaban J connectivity index is 1.36. The minimum absolute atomic E-state index is 0.220. The van der Waals surface area contributed by atoms with E-state index in [2.05, 4.69) is 11.8 Å². The minimum Gasteiger partial charge on any atom is -0.494 e. The largest absolute Gasteiger partial charge is 0.494 e. The first-order chi connectivity index (χ1) is 24.3. The number of nitrogens with zero attached hydrogens (tertiary/aromatic N) is 6. The lowest BCUT2D eigenvalue weighted by Gasteiger charge is -2.40. The van der Waals surface area contributed by atoms with Crippen LogP contribution in [0.4, 0.5) is 15.8 Å². The molecule has 2 heterocycles. The summed E-state index contributed by atoms with van der Waals surface area (Å²) < 4.78 is 81.0. The summed E-state index contributed by atoms with van der Waals surface area (Å²) in [5, 5.41) is 0. The number of sulfonamides is 1.